The summed E-state index contributed by atoms with van der Waals surface area (Å²) < 4.78 is 0. The van der Waals surface area contributed by atoms with Gasteiger partial charge >= 0.3 is 0 Å². The molecule has 1 saturated heterocycles. The van der Waals surface area contributed by atoms with E-state index in [4.69, 9.17) is 0 Å². The maximum Gasteiger partial charge on any atom is 0.222 e. The van der Waals surface area contributed by atoms with Crippen LogP contribution in [0.25, 0.3) is 0 Å². The van der Waals surface area contributed by atoms with Gasteiger partial charge in [-0.25, -0.2) is 0 Å². The van der Waals surface area contributed by atoms with Crippen molar-refractivity contribution in [3.8, 4) is 0 Å². The minimum absolute atomic E-state index is 0. The number of nitrogens with one attached hydrogen (secondary N) is 1. The van der Waals surface area contributed by atoms with Crippen molar-refractivity contribution < 1.29 is 4.79 Å². The van der Waals surface area contributed by atoms with Crippen molar-refractivity contribution in [3.63, 3.8) is 0 Å². The molecule has 1 rings (SSSR count). The van der Waals surface area contributed by atoms with Gasteiger partial charge in [0.05, 0.1) is 0 Å². The van der Waals surface area contributed by atoms with Crippen molar-refractivity contribution in [3.05, 3.63) is 0 Å². The molecule has 1 aliphatic heterocycles. The van der Waals surface area contributed by atoms with Crippen LogP contribution in [-0.4, -0.2) is 37.0 Å². The Morgan fingerprint density at radius 1 is 1.28 bits per heavy atom. The minimum Gasteiger partial charge on any atom is -0.341 e. The Bertz CT molecular complexity index is 216. The molecule has 0 bridgehead atoms. The molecule has 108 valence electrons. The molecule has 1 amide bonds. The fraction of sp³-hybridized carbons (Fsp3) is 0.929. The fourth-order valence-electron chi connectivity index (χ4n) is 2.41. The van der Waals surface area contributed by atoms with Gasteiger partial charge in [0, 0.05) is 26.1 Å². The second-order valence-corrected chi connectivity index (χ2v) is 5.10. The lowest BCUT2D eigenvalue weighted by Crippen LogP contribution is -2.35. The van der Waals surface area contributed by atoms with Crippen LogP contribution in [0.1, 0.15) is 52.4 Å². The van der Waals surface area contributed by atoms with Crippen molar-refractivity contribution in [2.24, 2.45) is 5.92 Å². The van der Waals surface area contributed by atoms with Crippen molar-refractivity contribution in [1.29, 1.82) is 0 Å². The number of carbonyl (C=O) groups excluding carboxylic acids is 1. The smallest absolute Gasteiger partial charge is 0.222 e. The molecule has 0 radical (unpaired) electrons. The fourth-order valence-corrected chi connectivity index (χ4v) is 2.41. The van der Waals surface area contributed by atoms with Crippen LogP contribution in [0, 0.1) is 5.92 Å². The summed E-state index contributed by atoms with van der Waals surface area (Å²) in [4.78, 5) is 14.2. The van der Waals surface area contributed by atoms with Gasteiger partial charge in [0.15, 0.2) is 0 Å². The summed E-state index contributed by atoms with van der Waals surface area (Å²) in [6.07, 6.45) is 6.70. The maximum absolute atomic E-state index is 12.2. The molecule has 0 saturated carbocycles. The largest absolute Gasteiger partial charge is 0.341 e. The van der Waals surface area contributed by atoms with E-state index in [1.165, 1.54) is 19.3 Å². The van der Waals surface area contributed by atoms with E-state index >= 15 is 0 Å². The summed E-state index contributed by atoms with van der Waals surface area (Å²) in [5.74, 6) is 0.968. The first-order chi connectivity index (χ1) is 8.27. The molecule has 0 aromatic rings. The number of amides is 1. The van der Waals surface area contributed by atoms with Crippen molar-refractivity contribution >= 4 is 18.3 Å². The first-order valence-electron chi connectivity index (χ1n) is 7.26. The third-order valence-corrected chi connectivity index (χ3v) is 3.70. The quantitative estimate of drug-likeness (QED) is 0.809. The molecule has 1 N–H and O–H groups in total. The molecule has 1 atom stereocenters. The molecule has 1 fully saturated rings. The van der Waals surface area contributed by atoms with Crippen LogP contribution in [-0.2, 0) is 4.79 Å². The standard InChI is InChI=1S/C14H28N2O.ClH/c1-3-5-7-13(4-2)12-14(17)16-10-6-8-15-9-11-16;/h13,15H,3-12H2,1-2H3;1H. The average molecular weight is 277 g/mol. The van der Waals surface area contributed by atoms with Crippen LogP contribution in [0.2, 0.25) is 0 Å². The molecular formula is C14H29ClN2O. The molecular weight excluding hydrogens is 248 g/mol. The molecule has 3 nitrogen and oxygen atoms in total. The second-order valence-electron chi connectivity index (χ2n) is 5.10. The first kappa shape index (κ1) is 17.7. The predicted molar refractivity (Wildman–Crippen MR) is 79.2 cm³/mol. The van der Waals surface area contributed by atoms with Gasteiger partial charge in [-0.15, -0.1) is 12.4 Å². The molecule has 4 heteroatoms. The van der Waals surface area contributed by atoms with Crippen molar-refractivity contribution in [2.75, 3.05) is 26.2 Å². The highest BCUT2D eigenvalue weighted by molar-refractivity contribution is 5.85. The summed E-state index contributed by atoms with van der Waals surface area (Å²) in [6.45, 7) is 8.26. The van der Waals surface area contributed by atoms with Crippen LogP contribution in [0.15, 0.2) is 0 Å². The molecule has 1 aliphatic rings. The summed E-state index contributed by atoms with van der Waals surface area (Å²) in [7, 11) is 0. The number of rotatable bonds is 6. The first-order valence-corrected chi connectivity index (χ1v) is 7.26. The third kappa shape index (κ3) is 6.60. The zero-order chi connectivity index (χ0) is 12.5. The highest BCUT2D eigenvalue weighted by atomic mass is 35.5. The molecule has 1 heterocycles. The Hall–Kier alpha value is -0.280. The van der Waals surface area contributed by atoms with Crippen molar-refractivity contribution in [1.82, 2.24) is 10.2 Å². The van der Waals surface area contributed by atoms with Gasteiger partial charge in [0.1, 0.15) is 0 Å². The lowest BCUT2D eigenvalue weighted by atomic mass is 9.95. The summed E-state index contributed by atoms with van der Waals surface area (Å²) in [5.41, 5.74) is 0. The highest BCUT2D eigenvalue weighted by Gasteiger charge is 2.18. The Balaban J connectivity index is 0.00000289. The topological polar surface area (TPSA) is 32.3 Å². The van der Waals surface area contributed by atoms with E-state index in [2.05, 4.69) is 24.1 Å². The third-order valence-electron chi connectivity index (χ3n) is 3.70. The van der Waals surface area contributed by atoms with E-state index in [0.717, 1.165) is 45.4 Å². The van der Waals surface area contributed by atoms with Crippen LogP contribution < -0.4 is 5.32 Å². The van der Waals surface area contributed by atoms with Gasteiger partial charge < -0.3 is 10.2 Å². The normalized spacial score (nSPS) is 17.8. The molecule has 0 aliphatic carbocycles. The second kappa shape index (κ2) is 10.6. The van der Waals surface area contributed by atoms with E-state index in [0.29, 0.717) is 11.8 Å². The zero-order valence-corrected chi connectivity index (χ0v) is 12.7. The Morgan fingerprint density at radius 2 is 2.06 bits per heavy atom. The molecule has 0 aromatic heterocycles. The summed E-state index contributed by atoms with van der Waals surface area (Å²) >= 11 is 0. The molecule has 1 unspecified atom stereocenters. The Morgan fingerprint density at radius 3 is 2.72 bits per heavy atom. The van der Waals surface area contributed by atoms with Gasteiger partial charge in [-0.2, -0.15) is 0 Å². The van der Waals surface area contributed by atoms with Crippen LogP contribution in [0.4, 0.5) is 0 Å². The summed E-state index contributed by atoms with van der Waals surface area (Å²) in [6, 6.07) is 0. The van der Waals surface area contributed by atoms with Crippen LogP contribution in [0.3, 0.4) is 0 Å². The molecule has 0 spiro atoms. The van der Waals surface area contributed by atoms with Gasteiger partial charge in [-0.3, -0.25) is 4.79 Å². The van der Waals surface area contributed by atoms with E-state index in [1.807, 2.05) is 0 Å². The maximum atomic E-state index is 12.2. The Kier molecular flexibility index (Phi) is 10.5. The van der Waals surface area contributed by atoms with E-state index in [1.54, 1.807) is 0 Å². The summed E-state index contributed by atoms with van der Waals surface area (Å²) in [5, 5.41) is 3.34. The molecule has 18 heavy (non-hydrogen) atoms. The SMILES string of the molecule is CCCCC(CC)CC(=O)N1CCCNCC1.Cl. The number of hydrogen-bond donors (Lipinski definition) is 1. The van der Waals surface area contributed by atoms with Gasteiger partial charge in [0.25, 0.3) is 0 Å². The van der Waals surface area contributed by atoms with Gasteiger partial charge in [-0.1, -0.05) is 33.1 Å². The van der Waals surface area contributed by atoms with Crippen LogP contribution in [0.5, 0.6) is 0 Å². The lowest BCUT2D eigenvalue weighted by molar-refractivity contribution is -0.132. The number of unbranched alkanes of at least 4 members (excludes halogenated alkanes) is 1. The Labute approximate surface area is 118 Å². The minimum atomic E-state index is 0. The molecule has 0 aromatic carbocycles. The van der Waals surface area contributed by atoms with E-state index in [-0.39, 0.29) is 12.4 Å². The van der Waals surface area contributed by atoms with Gasteiger partial charge in [-0.05, 0) is 25.3 Å². The monoisotopic (exact) mass is 276 g/mol. The van der Waals surface area contributed by atoms with Gasteiger partial charge in [0.2, 0.25) is 5.91 Å². The predicted octanol–water partition coefficient (Wildman–Crippen LogP) is 2.84. The number of halogens is 1. The van der Waals surface area contributed by atoms with E-state index in [9.17, 15) is 4.79 Å². The number of nitrogens with zero attached hydrogens (tertiary/aromatic N) is 1. The highest BCUT2D eigenvalue weighted by Crippen LogP contribution is 2.18. The van der Waals surface area contributed by atoms with Crippen LogP contribution >= 0.6 is 12.4 Å². The van der Waals surface area contributed by atoms with Crippen molar-refractivity contribution in [2.45, 2.75) is 52.4 Å². The lowest BCUT2D eigenvalue weighted by Gasteiger charge is -2.23. The average Bonchev–Trinajstić information content (AvgIpc) is 2.63. The van der Waals surface area contributed by atoms with E-state index < -0.39 is 0 Å². The number of carbonyl (C=O) groups is 1. The zero-order valence-electron chi connectivity index (χ0n) is 11.9. The number of hydrogen-bond acceptors (Lipinski definition) is 2.